The van der Waals surface area contributed by atoms with E-state index in [-0.39, 0.29) is 29.0 Å². The molecule has 1 aromatic heterocycles. The highest BCUT2D eigenvalue weighted by Crippen LogP contribution is 2.37. The summed E-state index contributed by atoms with van der Waals surface area (Å²) in [6.07, 6.45) is 1.99. The number of anilines is 1. The Balaban J connectivity index is 1.46. The Morgan fingerprint density at radius 2 is 1.84 bits per heavy atom. The Labute approximate surface area is 184 Å². The van der Waals surface area contributed by atoms with E-state index in [1.54, 1.807) is 17.9 Å². The zero-order chi connectivity index (χ0) is 22.9. The zero-order valence-corrected chi connectivity index (χ0v) is 17.9. The van der Waals surface area contributed by atoms with Crippen LogP contribution in [-0.4, -0.2) is 56.7 Å². The standard InChI is InChI=1S/C22H26F3N5O2/c1-16(31)29-13-12-28(15-21(29)9-3-2-4-10-21)20(32)26-19-8-11-30(27-19)18-7-5-6-17(14-18)22(23,24)25/h5-8,11,14H,2-4,9-10,12-13,15H2,1H3,(H,26,27,32). The number of carbonyl (C=O) groups is 2. The first kappa shape index (κ1) is 22.2. The Morgan fingerprint density at radius 3 is 2.53 bits per heavy atom. The van der Waals surface area contributed by atoms with Gasteiger partial charge in [0, 0.05) is 38.8 Å². The van der Waals surface area contributed by atoms with Gasteiger partial charge < -0.3 is 9.80 Å². The van der Waals surface area contributed by atoms with Crippen LogP contribution < -0.4 is 5.32 Å². The van der Waals surface area contributed by atoms with E-state index < -0.39 is 11.7 Å². The van der Waals surface area contributed by atoms with Crippen LogP contribution in [-0.2, 0) is 11.0 Å². The van der Waals surface area contributed by atoms with Crippen LogP contribution in [0.5, 0.6) is 0 Å². The van der Waals surface area contributed by atoms with E-state index in [0.717, 1.165) is 44.2 Å². The molecule has 0 bridgehead atoms. The van der Waals surface area contributed by atoms with Crippen LogP contribution in [0.1, 0.15) is 44.6 Å². The SMILES string of the molecule is CC(=O)N1CCN(C(=O)Nc2ccn(-c3cccc(C(F)(F)F)c3)n2)CC12CCCCC2. The van der Waals surface area contributed by atoms with Gasteiger partial charge in [-0.2, -0.15) is 13.2 Å². The van der Waals surface area contributed by atoms with Crippen LogP contribution in [0.25, 0.3) is 5.69 Å². The van der Waals surface area contributed by atoms with Gasteiger partial charge in [0.1, 0.15) is 0 Å². The predicted octanol–water partition coefficient (Wildman–Crippen LogP) is 4.29. The van der Waals surface area contributed by atoms with Crippen molar-refractivity contribution in [3.05, 3.63) is 42.1 Å². The second-order valence-electron chi connectivity index (χ2n) is 8.50. The minimum absolute atomic E-state index is 0.0341. The van der Waals surface area contributed by atoms with Crippen molar-refractivity contribution in [2.24, 2.45) is 0 Å². The van der Waals surface area contributed by atoms with Crippen LogP contribution >= 0.6 is 0 Å². The number of urea groups is 1. The van der Waals surface area contributed by atoms with Crippen LogP contribution in [0, 0.1) is 0 Å². The van der Waals surface area contributed by atoms with E-state index >= 15 is 0 Å². The van der Waals surface area contributed by atoms with Gasteiger partial charge in [-0.05, 0) is 31.0 Å². The lowest BCUT2D eigenvalue weighted by Gasteiger charge is -2.52. The number of piperazine rings is 1. The molecule has 32 heavy (non-hydrogen) atoms. The predicted molar refractivity (Wildman–Crippen MR) is 112 cm³/mol. The van der Waals surface area contributed by atoms with Gasteiger partial charge in [0.2, 0.25) is 5.91 Å². The Bertz CT molecular complexity index is 997. The van der Waals surface area contributed by atoms with Gasteiger partial charge in [0.15, 0.2) is 5.82 Å². The number of halogens is 3. The molecule has 1 saturated carbocycles. The first-order chi connectivity index (χ1) is 15.2. The highest BCUT2D eigenvalue weighted by molar-refractivity contribution is 5.88. The molecule has 2 fully saturated rings. The van der Waals surface area contributed by atoms with Gasteiger partial charge in [-0.1, -0.05) is 25.3 Å². The molecule has 2 aromatic rings. The average molecular weight is 449 g/mol. The third-order valence-electron chi connectivity index (χ3n) is 6.36. The van der Waals surface area contributed by atoms with E-state index in [1.165, 1.54) is 23.0 Å². The van der Waals surface area contributed by atoms with Gasteiger partial charge in [-0.15, -0.1) is 5.10 Å². The molecule has 7 nitrogen and oxygen atoms in total. The molecule has 0 unspecified atom stereocenters. The lowest BCUT2D eigenvalue weighted by molar-refractivity contribution is -0.141. The van der Waals surface area contributed by atoms with Gasteiger partial charge in [-0.25, -0.2) is 9.48 Å². The fourth-order valence-electron chi connectivity index (χ4n) is 4.83. The molecule has 1 saturated heterocycles. The maximum absolute atomic E-state index is 13.0. The molecule has 4 rings (SSSR count). The third kappa shape index (κ3) is 4.44. The normalized spacial score (nSPS) is 18.6. The third-order valence-corrected chi connectivity index (χ3v) is 6.36. The summed E-state index contributed by atoms with van der Waals surface area (Å²) in [6.45, 7) is 2.95. The summed E-state index contributed by atoms with van der Waals surface area (Å²) in [5, 5.41) is 6.95. The second-order valence-corrected chi connectivity index (χ2v) is 8.50. The van der Waals surface area contributed by atoms with Crippen molar-refractivity contribution in [1.29, 1.82) is 0 Å². The molecular formula is C22H26F3N5O2. The number of aromatic nitrogens is 2. The summed E-state index contributed by atoms with van der Waals surface area (Å²) in [5.41, 5.74) is -0.842. The quantitative estimate of drug-likeness (QED) is 0.744. The Hall–Kier alpha value is -3.04. The second kappa shape index (κ2) is 8.48. The molecule has 3 amide bonds. The van der Waals surface area contributed by atoms with E-state index in [9.17, 15) is 22.8 Å². The highest BCUT2D eigenvalue weighted by atomic mass is 19.4. The molecule has 0 radical (unpaired) electrons. The number of rotatable bonds is 2. The van der Waals surface area contributed by atoms with Crippen molar-refractivity contribution < 1.29 is 22.8 Å². The molecule has 0 atom stereocenters. The summed E-state index contributed by atoms with van der Waals surface area (Å²) in [5.74, 6) is 0.283. The maximum Gasteiger partial charge on any atom is 0.416 e. The summed E-state index contributed by atoms with van der Waals surface area (Å²) in [4.78, 5) is 28.7. The topological polar surface area (TPSA) is 70.5 Å². The lowest BCUT2D eigenvalue weighted by atomic mass is 9.78. The van der Waals surface area contributed by atoms with Crippen molar-refractivity contribution >= 4 is 17.8 Å². The lowest BCUT2D eigenvalue weighted by Crippen LogP contribution is -2.65. The summed E-state index contributed by atoms with van der Waals surface area (Å²) in [6, 6.07) is 6.05. The number of nitrogens with one attached hydrogen (secondary N) is 1. The number of amides is 3. The molecule has 1 aromatic carbocycles. The molecule has 172 valence electrons. The smallest absolute Gasteiger partial charge is 0.334 e. The van der Waals surface area contributed by atoms with E-state index in [4.69, 9.17) is 0 Å². The van der Waals surface area contributed by atoms with Crippen LogP contribution in [0.4, 0.5) is 23.8 Å². The molecule has 2 aliphatic rings. The van der Waals surface area contributed by atoms with Crippen LogP contribution in [0.2, 0.25) is 0 Å². The first-order valence-electron chi connectivity index (χ1n) is 10.8. The van der Waals surface area contributed by atoms with E-state index in [2.05, 4.69) is 10.4 Å². The van der Waals surface area contributed by atoms with Gasteiger partial charge in [0.05, 0.1) is 16.8 Å². The summed E-state index contributed by atoms with van der Waals surface area (Å²) in [7, 11) is 0. The molecule has 10 heteroatoms. The van der Waals surface area contributed by atoms with Crippen molar-refractivity contribution in [3.8, 4) is 5.69 Å². The zero-order valence-electron chi connectivity index (χ0n) is 17.9. The van der Waals surface area contributed by atoms with Gasteiger partial charge in [0.25, 0.3) is 0 Å². The Kier molecular flexibility index (Phi) is 5.87. The highest BCUT2D eigenvalue weighted by Gasteiger charge is 2.44. The molecular weight excluding hydrogens is 423 g/mol. The maximum atomic E-state index is 13.0. The molecule has 1 aliphatic carbocycles. The van der Waals surface area contributed by atoms with Crippen molar-refractivity contribution in [2.45, 2.75) is 50.7 Å². The number of carbonyl (C=O) groups excluding carboxylic acids is 2. The largest absolute Gasteiger partial charge is 0.416 e. The van der Waals surface area contributed by atoms with E-state index in [0.29, 0.717) is 19.6 Å². The molecule has 1 N–H and O–H groups in total. The first-order valence-corrected chi connectivity index (χ1v) is 10.8. The minimum Gasteiger partial charge on any atom is -0.334 e. The number of benzene rings is 1. The fourth-order valence-corrected chi connectivity index (χ4v) is 4.83. The van der Waals surface area contributed by atoms with Crippen molar-refractivity contribution in [1.82, 2.24) is 19.6 Å². The molecule has 1 aliphatic heterocycles. The number of hydrogen-bond acceptors (Lipinski definition) is 3. The summed E-state index contributed by atoms with van der Waals surface area (Å²) < 4.78 is 40.2. The van der Waals surface area contributed by atoms with Crippen LogP contribution in [0.15, 0.2) is 36.5 Å². The number of nitrogens with zero attached hydrogens (tertiary/aromatic N) is 4. The van der Waals surface area contributed by atoms with Crippen molar-refractivity contribution in [2.75, 3.05) is 25.0 Å². The van der Waals surface area contributed by atoms with Crippen molar-refractivity contribution in [3.63, 3.8) is 0 Å². The average Bonchev–Trinajstić information content (AvgIpc) is 3.22. The van der Waals surface area contributed by atoms with Gasteiger partial charge in [-0.3, -0.25) is 10.1 Å². The number of alkyl halides is 3. The van der Waals surface area contributed by atoms with Gasteiger partial charge >= 0.3 is 12.2 Å². The van der Waals surface area contributed by atoms with Crippen LogP contribution in [0.3, 0.4) is 0 Å². The molecule has 2 heterocycles. The summed E-state index contributed by atoms with van der Waals surface area (Å²) >= 11 is 0. The minimum atomic E-state index is -4.45. The molecule has 1 spiro atoms. The Morgan fingerprint density at radius 1 is 1.09 bits per heavy atom. The number of hydrogen-bond donors (Lipinski definition) is 1. The monoisotopic (exact) mass is 449 g/mol. The fraction of sp³-hybridized carbons (Fsp3) is 0.500. The van der Waals surface area contributed by atoms with E-state index in [1.807, 2.05) is 4.90 Å².